The molecule has 0 heterocycles. The third-order valence-corrected chi connectivity index (χ3v) is 0. The van der Waals surface area contributed by atoms with Gasteiger partial charge < -0.3 is 49.3 Å². The van der Waals surface area contributed by atoms with E-state index in [1.807, 2.05) is 0 Å². The van der Waals surface area contributed by atoms with Crippen LogP contribution in [0.2, 0.25) is 0 Å². The van der Waals surface area contributed by atoms with Crippen molar-refractivity contribution in [2.45, 2.75) is 0 Å². The average Bonchev–Trinajstić information content (AvgIpc) is 0. The Morgan fingerprint density at radius 3 is 0.200 bits per heavy atom. The molecule has 0 spiro atoms. The molecule has 0 radical (unpaired) electrons. The van der Waals surface area contributed by atoms with Crippen molar-refractivity contribution in [2.75, 3.05) is 0 Å². The van der Waals surface area contributed by atoms with Crippen LogP contribution in [0.25, 0.3) is 0 Å². The van der Waals surface area contributed by atoms with E-state index < -0.39 is 0 Å². The van der Waals surface area contributed by atoms with E-state index >= 15 is 0 Å². The molecule has 0 aromatic rings. The smallest absolute Gasteiger partial charge is 2.00 e. The summed E-state index contributed by atoms with van der Waals surface area (Å²) in [5.74, 6) is 0. The summed E-state index contributed by atoms with van der Waals surface area (Å²) in [7, 11) is 0. The van der Waals surface area contributed by atoms with Crippen molar-refractivity contribution >= 4 is 0 Å². The summed E-state index contributed by atoms with van der Waals surface area (Å²) in [6, 6.07) is 0. The molecule has 9 nitrogen and oxygen atoms in total. The minimum atomic E-state index is 0. The van der Waals surface area contributed by atoms with Crippen molar-refractivity contribution in [3.05, 3.63) is 0 Å². The Balaban J connectivity index is 0. The normalized spacial score (nSPS) is 0. The van der Waals surface area contributed by atoms with Crippen LogP contribution in [0.3, 0.4) is 0 Å². The summed E-state index contributed by atoms with van der Waals surface area (Å²) >= 11 is 0. The van der Waals surface area contributed by atoms with Crippen LogP contribution in [-0.2, 0) is 136 Å². The Hall–Kier alpha value is 4.50. The second kappa shape index (κ2) is 280. The molecular weight excluding hydrogens is 381 g/mol. The molecule has 0 aliphatic carbocycles. The fourth-order valence-corrected chi connectivity index (χ4v) is 0. The molecule has 15 heavy (non-hydrogen) atoms. The van der Waals surface area contributed by atoms with Gasteiger partial charge in [-0.15, -0.1) is 0 Å². The quantitative estimate of drug-likeness (QED) is 0.354. The monoisotopic (exact) mass is 382 g/mol. The van der Waals surface area contributed by atoms with Gasteiger partial charge in [0.25, 0.3) is 0 Å². The van der Waals surface area contributed by atoms with Crippen LogP contribution in [-0.4, -0.2) is 0 Å². The van der Waals surface area contributed by atoms with Crippen LogP contribution >= 0.6 is 0 Å². The maximum absolute atomic E-state index is 0. The number of rotatable bonds is 0. The minimum Gasteiger partial charge on any atom is -2.00 e. The van der Waals surface area contributed by atoms with Gasteiger partial charge in [-0.1, -0.05) is 0 Å². The molecule has 0 aromatic heterocycles. The van der Waals surface area contributed by atoms with Crippen LogP contribution in [0.1, 0.15) is 0 Å². The van der Waals surface area contributed by atoms with Gasteiger partial charge in [0.2, 0.25) is 0 Å². The molecule has 0 rings (SSSR count). The molecule has 72 valence electrons. The van der Waals surface area contributed by atoms with Crippen molar-refractivity contribution in [2.24, 2.45) is 0 Å². The second-order valence-corrected chi connectivity index (χ2v) is 0. The summed E-state index contributed by atoms with van der Waals surface area (Å²) in [5.41, 5.74) is 0. The first kappa shape index (κ1) is 330. The van der Waals surface area contributed by atoms with E-state index in [4.69, 9.17) is 0 Å². The van der Waals surface area contributed by atoms with Gasteiger partial charge in [-0.2, -0.15) is 0 Å². The third-order valence-electron chi connectivity index (χ3n) is 0. The van der Waals surface area contributed by atoms with Crippen LogP contribution in [0, 0.1) is 0 Å². The zero-order valence-corrected chi connectivity index (χ0v) is 17.9. The summed E-state index contributed by atoms with van der Waals surface area (Å²) in [5, 5.41) is 0. The van der Waals surface area contributed by atoms with Crippen LogP contribution in [0.4, 0.5) is 0 Å². The van der Waals surface area contributed by atoms with Crippen LogP contribution < -0.4 is 59.1 Å². The fraction of sp³-hybridized carbons (Fsp3) is 0. The summed E-state index contributed by atoms with van der Waals surface area (Å²) in [4.78, 5) is 0. The molecule has 0 aliphatic heterocycles. The predicted octanol–water partition coefficient (Wildman–Crippen LogP) is -7.07. The average molecular weight is 381 g/mol. The Morgan fingerprint density at radius 2 is 0.200 bits per heavy atom. The maximum Gasteiger partial charge on any atom is 4.00 e. The summed E-state index contributed by atoms with van der Waals surface area (Å²) in [6.07, 6.45) is 0. The molecule has 0 saturated carbocycles. The Bertz CT molecular complexity index is 20.1. The van der Waals surface area contributed by atoms with Gasteiger partial charge in [0.15, 0.2) is 0 Å². The van der Waals surface area contributed by atoms with Gasteiger partial charge in [0.05, 0.1) is 0 Å². The summed E-state index contributed by atoms with van der Waals surface area (Å²) in [6.45, 7) is 0. The van der Waals surface area contributed by atoms with E-state index in [0.29, 0.717) is 0 Å². The number of hydrogen-bond donors (Lipinski definition) is 0. The van der Waals surface area contributed by atoms with Gasteiger partial charge in [0, 0.05) is 0 Å². The van der Waals surface area contributed by atoms with E-state index in [1.54, 1.807) is 0 Å². The zero-order valence-electron chi connectivity index (χ0n) is 7.67. The second-order valence-electron chi connectivity index (χ2n) is 0. The Kier molecular flexibility index (Phi) is 6160. The largest absolute Gasteiger partial charge is 4.00 e. The van der Waals surface area contributed by atoms with Crippen LogP contribution in [0.15, 0.2) is 0 Å². The molecule has 0 amide bonds. The van der Waals surface area contributed by atoms with Gasteiger partial charge >= 0.3 is 146 Å². The number of hydrogen-bond acceptors (Lipinski definition) is 0. The van der Waals surface area contributed by atoms with Crippen molar-refractivity contribution < 1.29 is 195 Å². The van der Waals surface area contributed by atoms with Crippen molar-refractivity contribution in [1.29, 1.82) is 0 Å². The maximum atomic E-state index is 0. The molecule has 0 atom stereocenters. The zero-order chi connectivity index (χ0) is 0. The van der Waals surface area contributed by atoms with E-state index in [2.05, 4.69) is 0 Å². The van der Waals surface area contributed by atoms with Gasteiger partial charge in [-0.05, 0) is 0 Å². The molecule has 0 saturated heterocycles. The van der Waals surface area contributed by atoms with Crippen molar-refractivity contribution in [3.63, 3.8) is 0 Å². The first-order valence-electron chi connectivity index (χ1n) is 0. The van der Waals surface area contributed by atoms with Crippen molar-refractivity contribution in [3.8, 4) is 0 Å². The predicted molar refractivity (Wildman–Crippen MR) is 6.18 cm³/mol. The molecular formula is Na2O9Ti4. The molecule has 0 fully saturated rings. The first-order valence-corrected chi connectivity index (χ1v) is 0. The fourth-order valence-electron chi connectivity index (χ4n) is 0. The molecule has 0 N–H and O–H groups in total. The molecule has 15 heteroatoms. The molecule has 0 aliphatic rings. The van der Waals surface area contributed by atoms with Gasteiger partial charge in [-0.25, -0.2) is 0 Å². The van der Waals surface area contributed by atoms with E-state index in [9.17, 15) is 0 Å². The topological polar surface area (TPSA) is 256 Å². The first-order chi connectivity index (χ1) is 0. The van der Waals surface area contributed by atoms with Gasteiger partial charge in [0.1, 0.15) is 0 Å². The van der Waals surface area contributed by atoms with Crippen molar-refractivity contribution in [1.82, 2.24) is 0 Å². The molecule has 0 unspecified atom stereocenters. The Morgan fingerprint density at radius 1 is 0.200 bits per heavy atom. The standard InChI is InChI=1S/2Na.9O.4Ti/q2*+1;9*-2;4*+4. The third kappa shape index (κ3) is 249. The van der Waals surface area contributed by atoms with E-state index in [0.717, 1.165) is 0 Å². The summed E-state index contributed by atoms with van der Waals surface area (Å²) < 4.78 is 0. The van der Waals surface area contributed by atoms with E-state index in [1.165, 1.54) is 0 Å². The van der Waals surface area contributed by atoms with Crippen LogP contribution in [0.5, 0.6) is 0 Å². The Labute approximate surface area is 192 Å². The van der Waals surface area contributed by atoms with Gasteiger partial charge in [-0.3, -0.25) is 0 Å². The molecule has 0 aromatic carbocycles. The minimum absolute atomic E-state index is 0. The van der Waals surface area contributed by atoms with E-state index in [-0.39, 0.29) is 195 Å². The SMILES string of the molecule is [Na+].[Na+].[O-2].[O-2].[O-2].[O-2].[O-2].[O-2].[O-2].[O-2].[O-2].[Ti+4].[Ti+4].[Ti+4].[Ti+4]. The molecule has 0 bridgehead atoms.